The summed E-state index contributed by atoms with van der Waals surface area (Å²) in [5.74, 6) is 1.10. The van der Waals surface area contributed by atoms with Crippen LogP contribution in [0.2, 0.25) is 0 Å². The van der Waals surface area contributed by atoms with Gasteiger partial charge in [0.1, 0.15) is 17.7 Å². The van der Waals surface area contributed by atoms with E-state index in [0.717, 1.165) is 16.9 Å². The van der Waals surface area contributed by atoms with Crippen LogP contribution in [-0.4, -0.2) is 23.0 Å². The number of nitrogens with zero attached hydrogens (tertiary/aromatic N) is 2. The molecule has 0 aliphatic carbocycles. The Balaban J connectivity index is 1.95. The van der Waals surface area contributed by atoms with Gasteiger partial charge in [0.25, 0.3) is 5.91 Å². The fraction of sp³-hybridized carbons (Fsp3) is 0.292. The van der Waals surface area contributed by atoms with Crippen LogP contribution in [-0.2, 0) is 21.6 Å². The molecular formula is C24H28N4O2. The summed E-state index contributed by atoms with van der Waals surface area (Å²) in [5.41, 5.74) is 2.10. The molecule has 1 unspecified atom stereocenters. The number of nitrogens with one attached hydrogen (secondary N) is 2. The molecule has 1 heterocycles. The molecule has 3 rings (SSSR count). The van der Waals surface area contributed by atoms with Crippen molar-refractivity contribution in [2.24, 2.45) is 0 Å². The molecule has 0 radical (unpaired) electrons. The lowest BCUT2D eigenvalue weighted by Gasteiger charge is -2.22. The molecule has 30 heavy (non-hydrogen) atoms. The minimum Gasteiger partial charge on any atom is -0.378 e. The van der Waals surface area contributed by atoms with Crippen molar-refractivity contribution in [2.45, 2.75) is 38.8 Å². The van der Waals surface area contributed by atoms with E-state index in [2.05, 4.69) is 41.4 Å². The highest BCUT2D eigenvalue weighted by Crippen LogP contribution is 2.25. The number of aromatic nitrogens is 2. The van der Waals surface area contributed by atoms with Crippen molar-refractivity contribution in [3.05, 3.63) is 83.8 Å². The van der Waals surface area contributed by atoms with Gasteiger partial charge < -0.3 is 15.4 Å². The molecule has 6 nitrogen and oxygen atoms in total. The molecule has 1 amide bonds. The fourth-order valence-corrected chi connectivity index (χ4v) is 2.96. The number of para-hydroxylation sites is 1. The van der Waals surface area contributed by atoms with Gasteiger partial charge in [0, 0.05) is 24.3 Å². The number of methoxy groups -OCH3 is 1. The van der Waals surface area contributed by atoms with Gasteiger partial charge in [-0.25, -0.2) is 9.97 Å². The van der Waals surface area contributed by atoms with Gasteiger partial charge in [-0.1, -0.05) is 69.3 Å². The third kappa shape index (κ3) is 5.64. The van der Waals surface area contributed by atoms with Crippen LogP contribution in [0.4, 0.5) is 11.5 Å². The SMILES string of the molecule is COCc1cc(NC(C(=O)Nc2ccccc2)c2ccccc2)nc(C(C)(C)C)n1. The zero-order valence-corrected chi connectivity index (χ0v) is 17.8. The lowest BCUT2D eigenvalue weighted by atomic mass is 9.95. The van der Waals surface area contributed by atoms with Crippen LogP contribution in [0.1, 0.15) is 43.9 Å². The lowest BCUT2D eigenvalue weighted by molar-refractivity contribution is -0.117. The first-order valence-corrected chi connectivity index (χ1v) is 9.91. The van der Waals surface area contributed by atoms with Crippen molar-refractivity contribution in [2.75, 3.05) is 17.7 Å². The highest BCUT2D eigenvalue weighted by atomic mass is 16.5. The minimum atomic E-state index is -0.621. The van der Waals surface area contributed by atoms with Crippen molar-refractivity contribution in [1.29, 1.82) is 0 Å². The predicted octanol–water partition coefficient (Wildman–Crippen LogP) is 4.71. The number of benzene rings is 2. The molecule has 2 N–H and O–H groups in total. The summed E-state index contributed by atoms with van der Waals surface area (Å²) in [6, 6.07) is 20.2. The maximum Gasteiger partial charge on any atom is 0.251 e. The van der Waals surface area contributed by atoms with Crippen molar-refractivity contribution in [3.63, 3.8) is 0 Å². The Hall–Kier alpha value is -3.25. The molecular weight excluding hydrogens is 376 g/mol. The van der Waals surface area contributed by atoms with Crippen LogP contribution in [0, 0.1) is 0 Å². The van der Waals surface area contributed by atoms with Crippen LogP contribution in [0.25, 0.3) is 0 Å². The number of carbonyl (C=O) groups excluding carboxylic acids is 1. The number of hydrogen-bond acceptors (Lipinski definition) is 5. The Kier molecular flexibility index (Phi) is 6.79. The highest BCUT2D eigenvalue weighted by Gasteiger charge is 2.24. The van der Waals surface area contributed by atoms with Crippen molar-refractivity contribution in [3.8, 4) is 0 Å². The molecule has 0 bridgehead atoms. The summed E-state index contributed by atoms with van der Waals surface area (Å²) >= 11 is 0. The van der Waals surface area contributed by atoms with Gasteiger partial charge in [0.2, 0.25) is 0 Å². The van der Waals surface area contributed by atoms with E-state index in [1.165, 1.54) is 0 Å². The molecule has 156 valence electrons. The zero-order valence-electron chi connectivity index (χ0n) is 17.8. The molecule has 0 aliphatic rings. The summed E-state index contributed by atoms with van der Waals surface area (Å²) in [6.07, 6.45) is 0. The summed E-state index contributed by atoms with van der Waals surface area (Å²) in [5, 5.41) is 6.28. The van der Waals surface area contributed by atoms with Crippen LogP contribution >= 0.6 is 0 Å². The van der Waals surface area contributed by atoms with Crippen LogP contribution < -0.4 is 10.6 Å². The average Bonchev–Trinajstić information content (AvgIpc) is 2.73. The first-order valence-electron chi connectivity index (χ1n) is 9.91. The fourth-order valence-electron chi connectivity index (χ4n) is 2.96. The van der Waals surface area contributed by atoms with Gasteiger partial charge in [-0.3, -0.25) is 4.79 Å². The van der Waals surface area contributed by atoms with Crippen molar-refractivity contribution in [1.82, 2.24) is 9.97 Å². The molecule has 0 saturated heterocycles. The van der Waals surface area contributed by atoms with Crippen LogP contribution in [0.5, 0.6) is 0 Å². The van der Waals surface area contributed by atoms with E-state index < -0.39 is 6.04 Å². The van der Waals surface area contributed by atoms with E-state index in [1.54, 1.807) is 7.11 Å². The van der Waals surface area contributed by atoms with Gasteiger partial charge in [0.15, 0.2) is 0 Å². The van der Waals surface area contributed by atoms with E-state index in [9.17, 15) is 4.79 Å². The molecule has 0 fully saturated rings. The third-order valence-electron chi connectivity index (χ3n) is 4.47. The van der Waals surface area contributed by atoms with E-state index >= 15 is 0 Å². The third-order valence-corrected chi connectivity index (χ3v) is 4.47. The number of amides is 1. The first-order chi connectivity index (χ1) is 14.4. The largest absolute Gasteiger partial charge is 0.378 e. The van der Waals surface area contributed by atoms with Gasteiger partial charge in [-0.2, -0.15) is 0 Å². The molecule has 1 aromatic heterocycles. The Labute approximate surface area is 177 Å². The highest BCUT2D eigenvalue weighted by molar-refractivity contribution is 5.97. The Bertz CT molecular complexity index is 970. The van der Waals surface area contributed by atoms with E-state index in [0.29, 0.717) is 18.2 Å². The Morgan fingerprint density at radius 1 is 1.00 bits per heavy atom. The molecule has 0 saturated carbocycles. The van der Waals surface area contributed by atoms with Crippen molar-refractivity contribution < 1.29 is 9.53 Å². The lowest BCUT2D eigenvalue weighted by Crippen LogP contribution is -2.28. The number of anilines is 2. The smallest absolute Gasteiger partial charge is 0.251 e. The van der Waals surface area contributed by atoms with E-state index in [-0.39, 0.29) is 11.3 Å². The van der Waals surface area contributed by atoms with Gasteiger partial charge in [0.05, 0.1) is 12.3 Å². The molecule has 0 aliphatic heterocycles. The maximum atomic E-state index is 13.2. The second-order valence-corrected chi connectivity index (χ2v) is 8.09. The Morgan fingerprint density at radius 3 is 2.23 bits per heavy atom. The summed E-state index contributed by atoms with van der Waals surface area (Å²) in [4.78, 5) is 22.5. The Morgan fingerprint density at radius 2 is 1.63 bits per heavy atom. The number of ether oxygens (including phenoxy) is 1. The maximum absolute atomic E-state index is 13.2. The van der Waals surface area contributed by atoms with E-state index in [1.807, 2.05) is 66.7 Å². The normalized spacial score (nSPS) is 12.3. The minimum absolute atomic E-state index is 0.170. The summed E-state index contributed by atoms with van der Waals surface area (Å²) < 4.78 is 5.27. The second-order valence-electron chi connectivity index (χ2n) is 8.09. The predicted molar refractivity (Wildman–Crippen MR) is 119 cm³/mol. The monoisotopic (exact) mass is 404 g/mol. The summed E-state index contributed by atoms with van der Waals surface area (Å²) in [6.45, 7) is 6.53. The second kappa shape index (κ2) is 9.50. The average molecular weight is 405 g/mol. The van der Waals surface area contributed by atoms with Crippen molar-refractivity contribution >= 4 is 17.4 Å². The summed E-state index contributed by atoms with van der Waals surface area (Å²) in [7, 11) is 1.63. The zero-order chi connectivity index (χ0) is 21.6. The van der Waals surface area contributed by atoms with Crippen LogP contribution in [0.3, 0.4) is 0 Å². The van der Waals surface area contributed by atoms with Gasteiger partial charge in [-0.15, -0.1) is 0 Å². The molecule has 3 aromatic rings. The first kappa shape index (κ1) is 21.5. The van der Waals surface area contributed by atoms with Crippen LogP contribution in [0.15, 0.2) is 66.7 Å². The topological polar surface area (TPSA) is 76.1 Å². The van der Waals surface area contributed by atoms with Gasteiger partial charge >= 0.3 is 0 Å². The molecule has 2 aromatic carbocycles. The van der Waals surface area contributed by atoms with Gasteiger partial charge in [-0.05, 0) is 17.7 Å². The number of rotatable bonds is 7. The molecule has 1 atom stereocenters. The molecule has 0 spiro atoms. The number of hydrogen-bond donors (Lipinski definition) is 2. The molecule has 6 heteroatoms. The van der Waals surface area contributed by atoms with E-state index in [4.69, 9.17) is 4.74 Å². The quantitative estimate of drug-likeness (QED) is 0.596. The standard InChI is InChI=1S/C24H28N4O2/c1-24(2,3)23-26-19(16-30-4)15-20(28-23)27-21(17-11-7-5-8-12-17)22(29)25-18-13-9-6-10-14-18/h5-15,21H,16H2,1-4H3,(H,25,29)(H,26,27,28). The number of carbonyl (C=O) groups is 1.